The Kier molecular flexibility index (Phi) is 8.32. The molecule has 19 heavy (non-hydrogen) atoms. The normalized spacial score (nSPS) is 14.6. The molecule has 0 heterocycles. The van der Waals surface area contributed by atoms with Gasteiger partial charge in [-0.15, -0.1) is 0 Å². The van der Waals surface area contributed by atoms with Crippen LogP contribution in [0, 0.1) is 5.92 Å². The summed E-state index contributed by atoms with van der Waals surface area (Å²) in [7, 11) is 0. The third kappa shape index (κ3) is 6.64. The van der Waals surface area contributed by atoms with Crippen molar-refractivity contribution in [2.24, 2.45) is 16.8 Å². The first-order chi connectivity index (χ1) is 8.96. The van der Waals surface area contributed by atoms with Gasteiger partial charge in [0, 0.05) is 19.0 Å². The number of rotatable bonds is 8. The van der Waals surface area contributed by atoms with E-state index in [1.54, 1.807) is 6.92 Å². The largest absolute Gasteiger partial charge is 0.409 e. The Morgan fingerprint density at radius 1 is 1.32 bits per heavy atom. The Morgan fingerprint density at radius 3 is 2.42 bits per heavy atom. The minimum absolute atomic E-state index is 0.105. The van der Waals surface area contributed by atoms with Gasteiger partial charge in [0.2, 0.25) is 11.8 Å². The van der Waals surface area contributed by atoms with Crippen molar-refractivity contribution < 1.29 is 14.8 Å². The van der Waals surface area contributed by atoms with E-state index in [-0.39, 0.29) is 36.7 Å². The average Bonchev–Trinajstić information content (AvgIpc) is 2.38. The highest BCUT2D eigenvalue weighted by Crippen LogP contribution is 2.02. The first-order valence-corrected chi connectivity index (χ1v) is 6.50. The molecule has 0 aliphatic rings. The molecule has 2 unspecified atom stereocenters. The molecule has 2 atom stereocenters. The first-order valence-electron chi connectivity index (χ1n) is 6.50. The van der Waals surface area contributed by atoms with E-state index in [0.717, 1.165) is 6.42 Å². The molecule has 0 rings (SSSR count). The van der Waals surface area contributed by atoms with E-state index in [0.29, 0.717) is 6.42 Å². The lowest BCUT2D eigenvalue weighted by Crippen LogP contribution is -2.40. The molecule has 0 fully saturated rings. The van der Waals surface area contributed by atoms with Gasteiger partial charge in [0.1, 0.15) is 0 Å². The van der Waals surface area contributed by atoms with E-state index in [2.05, 4.69) is 15.8 Å². The molecule has 0 saturated carbocycles. The number of amidine groups is 1. The second-order valence-corrected chi connectivity index (χ2v) is 4.40. The summed E-state index contributed by atoms with van der Waals surface area (Å²) in [6, 6.07) is 0.128. The van der Waals surface area contributed by atoms with Gasteiger partial charge < -0.3 is 21.6 Å². The molecule has 0 bridgehead atoms. The van der Waals surface area contributed by atoms with Gasteiger partial charge in [-0.3, -0.25) is 9.59 Å². The molecule has 0 aromatic carbocycles. The van der Waals surface area contributed by atoms with Crippen LogP contribution < -0.4 is 16.4 Å². The molecular weight excluding hydrogens is 248 g/mol. The van der Waals surface area contributed by atoms with Crippen molar-refractivity contribution in [2.75, 3.05) is 6.54 Å². The smallest absolute Gasteiger partial charge is 0.230 e. The fourth-order valence-electron chi connectivity index (χ4n) is 1.47. The van der Waals surface area contributed by atoms with Crippen LogP contribution in [0.4, 0.5) is 0 Å². The molecule has 0 radical (unpaired) electrons. The van der Waals surface area contributed by atoms with Crippen LogP contribution in [-0.4, -0.2) is 35.4 Å². The molecule has 5 N–H and O–H groups in total. The molecule has 0 spiro atoms. The van der Waals surface area contributed by atoms with Crippen LogP contribution in [0.5, 0.6) is 0 Å². The zero-order valence-corrected chi connectivity index (χ0v) is 11.8. The molecule has 0 saturated heterocycles. The summed E-state index contributed by atoms with van der Waals surface area (Å²) in [4.78, 5) is 23.2. The van der Waals surface area contributed by atoms with Crippen LogP contribution in [0.15, 0.2) is 5.16 Å². The summed E-state index contributed by atoms with van der Waals surface area (Å²) in [5.41, 5.74) is 5.40. The number of carbonyl (C=O) groups is 2. The van der Waals surface area contributed by atoms with Crippen LogP contribution >= 0.6 is 0 Å². The Labute approximate surface area is 113 Å². The van der Waals surface area contributed by atoms with E-state index < -0.39 is 5.92 Å². The lowest BCUT2D eigenvalue weighted by molar-refractivity contribution is -0.123. The average molecular weight is 272 g/mol. The number of carbonyl (C=O) groups excluding carboxylic acids is 2. The predicted molar refractivity (Wildman–Crippen MR) is 72.7 cm³/mol. The maximum Gasteiger partial charge on any atom is 0.230 e. The highest BCUT2D eigenvalue weighted by molar-refractivity contribution is 6.02. The zero-order valence-electron chi connectivity index (χ0n) is 11.8. The minimum atomic E-state index is -0.664. The lowest BCUT2D eigenvalue weighted by Gasteiger charge is -2.14. The molecular formula is C12H24N4O3. The monoisotopic (exact) mass is 272 g/mol. The van der Waals surface area contributed by atoms with Crippen molar-refractivity contribution in [3.05, 3.63) is 0 Å². The lowest BCUT2D eigenvalue weighted by atomic mass is 10.0. The first kappa shape index (κ1) is 17.2. The Bertz CT molecular complexity index is 331. The topological polar surface area (TPSA) is 117 Å². The highest BCUT2D eigenvalue weighted by atomic mass is 16.4. The summed E-state index contributed by atoms with van der Waals surface area (Å²) in [5.74, 6) is -1.23. The standard InChI is InChI=1S/C12H24N4O3/c1-4-8(3)15-10(17)6-7-14-12(18)9(5-2)11(13)16-19/h8-9,19H,4-7H2,1-3H3,(H2,13,16)(H,14,18)(H,15,17). The van der Waals surface area contributed by atoms with Crippen molar-refractivity contribution in [1.82, 2.24) is 10.6 Å². The zero-order chi connectivity index (χ0) is 14.8. The van der Waals surface area contributed by atoms with Crippen LogP contribution in [0.3, 0.4) is 0 Å². The molecule has 7 heteroatoms. The quantitative estimate of drug-likeness (QED) is 0.218. The number of nitrogens with one attached hydrogen (secondary N) is 2. The van der Waals surface area contributed by atoms with Gasteiger partial charge in [0.25, 0.3) is 0 Å². The van der Waals surface area contributed by atoms with Crippen molar-refractivity contribution in [3.8, 4) is 0 Å². The number of nitrogens with zero attached hydrogens (tertiary/aromatic N) is 1. The van der Waals surface area contributed by atoms with Gasteiger partial charge in [-0.2, -0.15) is 0 Å². The van der Waals surface area contributed by atoms with E-state index in [1.807, 2.05) is 13.8 Å². The molecule has 0 aromatic heterocycles. The van der Waals surface area contributed by atoms with Gasteiger partial charge in [0.15, 0.2) is 5.84 Å². The Morgan fingerprint density at radius 2 is 1.95 bits per heavy atom. The molecule has 110 valence electrons. The van der Waals surface area contributed by atoms with E-state index in [9.17, 15) is 9.59 Å². The van der Waals surface area contributed by atoms with E-state index >= 15 is 0 Å². The maximum absolute atomic E-state index is 11.7. The number of nitrogens with two attached hydrogens (primary N) is 1. The van der Waals surface area contributed by atoms with Crippen molar-refractivity contribution in [2.45, 2.75) is 46.1 Å². The van der Waals surface area contributed by atoms with Crippen molar-refractivity contribution in [1.29, 1.82) is 0 Å². The second kappa shape index (κ2) is 9.18. The van der Waals surface area contributed by atoms with Gasteiger partial charge in [-0.1, -0.05) is 19.0 Å². The minimum Gasteiger partial charge on any atom is -0.409 e. The Balaban J connectivity index is 4.06. The summed E-state index contributed by atoms with van der Waals surface area (Å²) >= 11 is 0. The highest BCUT2D eigenvalue weighted by Gasteiger charge is 2.20. The van der Waals surface area contributed by atoms with Gasteiger partial charge in [0.05, 0.1) is 5.92 Å². The van der Waals surface area contributed by atoms with Crippen LogP contribution in [-0.2, 0) is 9.59 Å². The molecule has 2 amide bonds. The fraction of sp³-hybridized carbons (Fsp3) is 0.750. The summed E-state index contributed by atoms with van der Waals surface area (Å²) in [6.07, 6.45) is 1.50. The molecule has 0 aliphatic heterocycles. The van der Waals surface area contributed by atoms with Gasteiger partial charge >= 0.3 is 0 Å². The molecule has 0 aliphatic carbocycles. The number of hydrogen-bond donors (Lipinski definition) is 4. The number of oxime groups is 1. The number of hydrogen-bond acceptors (Lipinski definition) is 4. The van der Waals surface area contributed by atoms with Gasteiger partial charge in [-0.25, -0.2) is 0 Å². The second-order valence-electron chi connectivity index (χ2n) is 4.40. The van der Waals surface area contributed by atoms with E-state index in [4.69, 9.17) is 10.9 Å². The van der Waals surface area contributed by atoms with Crippen LogP contribution in [0.25, 0.3) is 0 Å². The molecule has 7 nitrogen and oxygen atoms in total. The summed E-state index contributed by atoms with van der Waals surface area (Å²) in [6.45, 7) is 5.89. The van der Waals surface area contributed by atoms with Crippen molar-refractivity contribution in [3.63, 3.8) is 0 Å². The fourth-order valence-corrected chi connectivity index (χ4v) is 1.47. The SMILES string of the molecule is CCC(C)NC(=O)CCNC(=O)C(CC)C(N)=NO. The van der Waals surface area contributed by atoms with Crippen LogP contribution in [0.1, 0.15) is 40.0 Å². The third-order valence-electron chi connectivity index (χ3n) is 2.87. The number of amides is 2. The third-order valence-corrected chi connectivity index (χ3v) is 2.87. The summed E-state index contributed by atoms with van der Waals surface area (Å²) < 4.78 is 0. The maximum atomic E-state index is 11.7. The van der Waals surface area contributed by atoms with Crippen molar-refractivity contribution >= 4 is 17.6 Å². The molecule has 0 aromatic rings. The van der Waals surface area contributed by atoms with E-state index in [1.165, 1.54) is 0 Å². The summed E-state index contributed by atoms with van der Waals surface area (Å²) in [5, 5.41) is 16.8. The van der Waals surface area contributed by atoms with Gasteiger partial charge in [-0.05, 0) is 19.8 Å². The predicted octanol–water partition coefficient (Wildman–Crippen LogP) is 0.180. The Hall–Kier alpha value is -1.79. The van der Waals surface area contributed by atoms with Crippen LogP contribution in [0.2, 0.25) is 0 Å².